The van der Waals surface area contributed by atoms with Crippen molar-refractivity contribution in [3.05, 3.63) is 28.9 Å². The number of ether oxygens (including phenoxy) is 1. The molecule has 3 rings (SSSR count). The Kier molecular flexibility index (Phi) is 4.18. The molecular weight excluding hydrogens is 336 g/mol. The SMILES string of the molecule is Cc1noc(C)c1C(=O)N1CCOC[C@@H]1c1[nH]ncc1S(C)(=O)=O. The maximum atomic E-state index is 13.0. The van der Waals surface area contributed by atoms with Gasteiger partial charge in [0.2, 0.25) is 0 Å². The fraction of sp³-hybridized carbons (Fsp3) is 0.500. The molecule has 130 valence electrons. The highest BCUT2D eigenvalue weighted by atomic mass is 32.2. The van der Waals surface area contributed by atoms with Crippen molar-refractivity contribution in [1.82, 2.24) is 20.3 Å². The minimum Gasteiger partial charge on any atom is -0.377 e. The van der Waals surface area contributed by atoms with E-state index in [0.29, 0.717) is 35.9 Å². The molecule has 0 spiro atoms. The summed E-state index contributed by atoms with van der Waals surface area (Å²) in [6.07, 6.45) is 2.35. The molecular formula is C14H18N4O5S. The third kappa shape index (κ3) is 2.82. The Labute approximate surface area is 138 Å². The summed E-state index contributed by atoms with van der Waals surface area (Å²) in [5.74, 6) is 0.157. The van der Waals surface area contributed by atoms with Crippen LogP contribution in [0.3, 0.4) is 0 Å². The lowest BCUT2D eigenvalue weighted by molar-refractivity contribution is -0.00480. The first kappa shape index (κ1) is 16.7. The summed E-state index contributed by atoms with van der Waals surface area (Å²) >= 11 is 0. The highest BCUT2D eigenvalue weighted by Crippen LogP contribution is 2.30. The molecule has 0 aromatic carbocycles. The number of morpholine rings is 1. The maximum Gasteiger partial charge on any atom is 0.260 e. The number of aryl methyl sites for hydroxylation is 2. The number of hydrogen-bond acceptors (Lipinski definition) is 7. The zero-order valence-corrected chi connectivity index (χ0v) is 14.4. The molecule has 1 amide bonds. The van der Waals surface area contributed by atoms with Gasteiger partial charge in [0, 0.05) is 12.8 Å². The van der Waals surface area contributed by atoms with Gasteiger partial charge in [-0.2, -0.15) is 5.10 Å². The van der Waals surface area contributed by atoms with Gasteiger partial charge in [-0.25, -0.2) is 8.42 Å². The van der Waals surface area contributed by atoms with Gasteiger partial charge in [0.1, 0.15) is 16.2 Å². The minimum absolute atomic E-state index is 0.0644. The van der Waals surface area contributed by atoms with E-state index in [0.717, 1.165) is 6.26 Å². The normalized spacial score (nSPS) is 18.8. The van der Waals surface area contributed by atoms with Crippen molar-refractivity contribution in [2.24, 2.45) is 0 Å². The molecule has 1 atom stereocenters. The number of carbonyl (C=O) groups excluding carboxylic acids is 1. The molecule has 1 saturated heterocycles. The second-order valence-corrected chi connectivity index (χ2v) is 7.69. The van der Waals surface area contributed by atoms with Crippen LogP contribution in [0.2, 0.25) is 0 Å². The van der Waals surface area contributed by atoms with Crippen LogP contribution in [-0.4, -0.2) is 60.6 Å². The number of aromatic amines is 1. The minimum atomic E-state index is -3.48. The number of nitrogens with zero attached hydrogens (tertiary/aromatic N) is 3. The number of H-pyrrole nitrogens is 1. The first-order valence-electron chi connectivity index (χ1n) is 7.35. The molecule has 0 saturated carbocycles. The summed E-state index contributed by atoms with van der Waals surface area (Å²) < 4.78 is 34.4. The van der Waals surface area contributed by atoms with Crippen molar-refractivity contribution >= 4 is 15.7 Å². The average molecular weight is 354 g/mol. The van der Waals surface area contributed by atoms with Gasteiger partial charge in [-0.15, -0.1) is 0 Å². The van der Waals surface area contributed by atoms with E-state index in [-0.39, 0.29) is 17.4 Å². The van der Waals surface area contributed by atoms with Gasteiger partial charge >= 0.3 is 0 Å². The topological polar surface area (TPSA) is 118 Å². The van der Waals surface area contributed by atoms with E-state index < -0.39 is 15.9 Å². The van der Waals surface area contributed by atoms with E-state index in [1.54, 1.807) is 18.7 Å². The number of hydrogen-bond donors (Lipinski definition) is 1. The van der Waals surface area contributed by atoms with Crippen LogP contribution >= 0.6 is 0 Å². The second kappa shape index (κ2) is 6.02. The predicted molar refractivity (Wildman–Crippen MR) is 82.3 cm³/mol. The lowest BCUT2D eigenvalue weighted by Crippen LogP contribution is -2.44. The fourth-order valence-corrected chi connectivity index (χ4v) is 3.66. The van der Waals surface area contributed by atoms with Crippen molar-refractivity contribution in [2.45, 2.75) is 24.8 Å². The van der Waals surface area contributed by atoms with Gasteiger partial charge in [-0.3, -0.25) is 9.89 Å². The van der Waals surface area contributed by atoms with Crippen LogP contribution in [0.25, 0.3) is 0 Å². The summed E-state index contributed by atoms with van der Waals surface area (Å²) in [6.45, 7) is 4.24. The van der Waals surface area contributed by atoms with Crippen molar-refractivity contribution in [2.75, 3.05) is 26.0 Å². The lowest BCUT2D eigenvalue weighted by Gasteiger charge is -2.35. The molecule has 2 aromatic rings. The second-order valence-electron chi connectivity index (χ2n) is 5.71. The zero-order chi connectivity index (χ0) is 17.5. The Bertz CT molecular complexity index is 850. The standard InChI is InChI=1S/C14H18N4O5S/c1-8-12(9(2)23-17-8)14(19)18-4-5-22-7-10(18)13-11(6-15-16-13)24(3,20)21/h6,10H,4-5,7H2,1-3H3,(H,15,16)/t10-/m1/s1. The summed E-state index contributed by atoms with van der Waals surface area (Å²) in [4.78, 5) is 14.6. The summed E-state index contributed by atoms with van der Waals surface area (Å²) in [6, 6.07) is -0.577. The molecule has 0 radical (unpaired) electrons. The highest BCUT2D eigenvalue weighted by Gasteiger charge is 2.35. The fourth-order valence-electron chi connectivity index (χ4n) is 2.84. The van der Waals surface area contributed by atoms with E-state index in [1.165, 1.54) is 6.20 Å². The van der Waals surface area contributed by atoms with Crippen molar-refractivity contribution in [1.29, 1.82) is 0 Å². The molecule has 0 unspecified atom stereocenters. The van der Waals surface area contributed by atoms with Gasteiger partial charge in [-0.05, 0) is 13.8 Å². The van der Waals surface area contributed by atoms with Crippen LogP contribution in [0.15, 0.2) is 15.6 Å². The van der Waals surface area contributed by atoms with Crippen molar-refractivity contribution < 1.29 is 22.5 Å². The third-order valence-electron chi connectivity index (χ3n) is 4.00. The Balaban J connectivity index is 2.01. The summed E-state index contributed by atoms with van der Waals surface area (Å²) in [5, 5.41) is 10.3. The first-order chi connectivity index (χ1) is 11.3. The van der Waals surface area contributed by atoms with Crippen LogP contribution in [0, 0.1) is 13.8 Å². The molecule has 24 heavy (non-hydrogen) atoms. The molecule has 9 nitrogen and oxygen atoms in total. The number of carbonyl (C=O) groups is 1. The molecule has 1 aliphatic rings. The molecule has 1 aliphatic heterocycles. The molecule has 1 N–H and O–H groups in total. The molecule has 0 bridgehead atoms. The van der Waals surface area contributed by atoms with E-state index in [4.69, 9.17) is 9.26 Å². The summed E-state index contributed by atoms with van der Waals surface area (Å²) in [7, 11) is -3.48. The van der Waals surface area contributed by atoms with Gasteiger partial charge in [-0.1, -0.05) is 5.16 Å². The van der Waals surface area contributed by atoms with Crippen molar-refractivity contribution in [3.63, 3.8) is 0 Å². The van der Waals surface area contributed by atoms with Gasteiger partial charge < -0.3 is 14.2 Å². The number of nitrogens with one attached hydrogen (secondary N) is 1. The molecule has 1 fully saturated rings. The lowest BCUT2D eigenvalue weighted by atomic mass is 10.1. The van der Waals surface area contributed by atoms with Gasteiger partial charge in [0.05, 0.1) is 36.8 Å². The van der Waals surface area contributed by atoms with Crippen molar-refractivity contribution in [3.8, 4) is 0 Å². The number of amides is 1. The Morgan fingerprint density at radius 1 is 1.42 bits per heavy atom. The van der Waals surface area contributed by atoms with Crippen LogP contribution < -0.4 is 0 Å². The number of sulfone groups is 1. The van der Waals surface area contributed by atoms with E-state index in [2.05, 4.69) is 15.4 Å². The van der Waals surface area contributed by atoms with Crippen LogP contribution in [-0.2, 0) is 14.6 Å². The smallest absolute Gasteiger partial charge is 0.260 e. The monoisotopic (exact) mass is 354 g/mol. The Hall–Kier alpha value is -2.20. The number of aromatic nitrogens is 3. The van der Waals surface area contributed by atoms with Gasteiger partial charge in [0.25, 0.3) is 5.91 Å². The quantitative estimate of drug-likeness (QED) is 0.859. The Morgan fingerprint density at radius 2 is 2.17 bits per heavy atom. The third-order valence-corrected chi connectivity index (χ3v) is 5.13. The molecule has 2 aromatic heterocycles. The average Bonchev–Trinajstić information content (AvgIpc) is 3.13. The molecule has 3 heterocycles. The summed E-state index contributed by atoms with van der Waals surface area (Å²) in [5.41, 5.74) is 1.23. The largest absolute Gasteiger partial charge is 0.377 e. The highest BCUT2D eigenvalue weighted by molar-refractivity contribution is 7.90. The number of rotatable bonds is 3. The van der Waals surface area contributed by atoms with E-state index >= 15 is 0 Å². The molecule has 0 aliphatic carbocycles. The van der Waals surface area contributed by atoms with E-state index in [9.17, 15) is 13.2 Å². The predicted octanol–water partition coefficient (Wildman–Crippen LogP) is 0.632. The molecule has 10 heteroatoms. The zero-order valence-electron chi connectivity index (χ0n) is 13.6. The van der Waals surface area contributed by atoms with Crippen LogP contribution in [0.1, 0.15) is 33.5 Å². The van der Waals surface area contributed by atoms with Crippen LogP contribution in [0.4, 0.5) is 0 Å². The Morgan fingerprint density at radius 3 is 2.79 bits per heavy atom. The van der Waals surface area contributed by atoms with Crippen LogP contribution in [0.5, 0.6) is 0 Å². The van der Waals surface area contributed by atoms with E-state index in [1.807, 2.05) is 0 Å². The first-order valence-corrected chi connectivity index (χ1v) is 9.24. The maximum absolute atomic E-state index is 13.0. The van der Waals surface area contributed by atoms with Gasteiger partial charge in [0.15, 0.2) is 9.84 Å².